The lowest BCUT2D eigenvalue weighted by atomic mass is 9.82. The summed E-state index contributed by atoms with van der Waals surface area (Å²) in [5.41, 5.74) is -0.187. The number of non-ortho nitro benzene ring substituents is 1. The second-order valence-corrected chi connectivity index (χ2v) is 14.6. The van der Waals surface area contributed by atoms with Crippen LogP contribution in [0.3, 0.4) is 0 Å². The molecule has 0 aromatic heterocycles. The Kier molecular flexibility index (Phi) is 7.47. The van der Waals surface area contributed by atoms with Gasteiger partial charge in [-0.3, -0.25) is 19.7 Å². The van der Waals surface area contributed by atoms with Crippen LogP contribution in [0.1, 0.15) is 31.4 Å². The van der Waals surface area contributed by atoms with Gasteiger partial charge in [-0.2, -0.15) is 0 Å². The van der Waals surface area contributed by atoms with E-state index < -0.39 is 54.3 Å². The molecule has 1 spiro atoms. The zero-order valence-corrected chi connectivity index (χ0v) is 22.7. The second-order valence-electron chi connectivity index (χ2n) is 10.6. The van der Waals surface area contributed by atoms with Crippen LogP contribution < -0.4 is 10.2 Å². The van der Waals surface area contributed by atoms with Gasteiger partial charge in [-0.25, -0.2) is 0 Å². The molecule has 0 aliphatic carbocycles. The lowest BCUT2D eigenvalue weighted by Crippen LogP contribution is -2.46. The Hall–Kier alpha value is -3.16. The van der Waals surface area contributed by atoms with Crippen LogP contribution in [0.25, 0.3) is 0 Å². The lowest BCUT2D eigenvalue weighted by Gasteiger charge is -2.32. The number of ether oxygens (including phenoxy) is 1. The number of aliphatic hydroxyl groups excluding tert-OH is 2. The van der Waals surface area contributed by atoms with Gasteiger partial charge in [-0.05, 0) is 50.2 Å². The number of aliphatic hydroxyl groups is 2. The van der Waals surface area contributed by atoms with Gasteiger partial charge in [-0.15, -0.1) is 0 Å². The number of nitro groups is 1. The van der Waals surface area contributed by atoms with Crippen molar-refractivity contribution in [3.63, 3.8) is 0 Å². The third kappa shape index (κ3) is 4.74. The minimum absolute atomic E-state index is 0.0924. The van der Waals surface area contributed by atoms with E-state index in [-0.39, 0.29) is 25.3 Å². The molecule has 0 bridgehead atoms. The third-order valence-electron chi connectivity index (χ3n) is 7.51. The van der Waals surface area contributed by atoms with E-state index >= 15 is 0 Å². The first kappa shape index (κ1) is 27.9. The number of hydrogen-bond acceptors (Lipinski definition) is 8. The summed E-state index contributed by atoms with van der Waals surface area (Å²) in [6.45, 7) is 6.60. The number of nitro benzene ring substituents is 1. The standard InChI is InChI=1S/C26H33N3O8Si/c1-15-23(38(3,4)36)22(10-11-30)37-26(15)20-13-19(29(34)35)8-9-21(20)28(25(26)33)14-17-6-5-7-18(12-17)27-24(32)16(2)31/h5-9,12-13,15-16,22-23,30-31,36H,10-11,14H2,1-4H3,(H,27,32)/t15-,16-,22+,23-,26+/m0/s1. The Morgan fingerprint density at radius 1 is 1.29 bits per heavy atom. The van der Waals surface area contributed by atoms with E-state index in [1.165, 1.54) is 30.0 Å². The van der Waals surface area contributed by atoms with Crippen molar-refractivity contribution in [1.29, 1.82) is 0 Å². The predicted molar refractivity (Wildman–Crippen MR) is 142 cm³/mol. The maximum atomic E-state index is 14.3. The highest BCUT2D eigenvalue weighted by Crippen LogP contribution is 2.60. The summed E-state index contributed by atoms with van der Waals surface area (Å²) in [4.78, 5) is 50.0. The predicted octanol–water partition coefficient (Wildman–Crippen LogP) is 2.64. The molecule has 4 N–H and O–H groups in total. The summed E-state index contributed by atoms with van der Waals surface area (Å²) in [5, 5.41) is 33.5. The van der Waals surface area contributed by atoms with Gasteiger partial charge in [0.1, 0.15) is 6.10 Å². The number of fused-ring (bicyclic) bond motifs is 2. The van der Waals surface area contributed by atoms with Crippen LogP contribution >= 0.6 is 0 Å². The first-order chi connectivity index (χ1) is 17.8. The zero-order valence-electron chi connectivity index (χ0n) is 21.7. The van der Waals surface area contributed by atoms with Gasteiger partial charge >= 0.3 is 0 Å². The van der Waals surface area contributed by atoms with Crippen LogP contribution in [-0.2, 0) is 26.5 Å². The summed E-state index contributed by atoms with van der Waals surface area (Å²) in [5.74, 6) is -1.48. The average Bonchev–Trinajstić information content (AvgIpc) is 3.26. The van der Waals surface area contributed by atoms with Crippen molar-refractivity contribution >= 4 is 37.2 Å². The first-order valence-electron chi connectivity index (χ1n) is 12.5. The molecule has 2 heterocycles. The summed E-state index contributed by atoms with van der Waals surface area (Å²) in [6, 6.07) is 11.1. The number of amides is 2. The molecule has 1 fully saturated rings. The molecule has 2 amide bonds. The first-order valence-corrected chi connectivity index (χ1v) is 15.5. The van der Waals surface area contributed by atoms with Crippen LogP contribution in [0.5, 0.6) is 0 Å². The van der Waals surface area contributed by atoms with E-state index in [2.05, 4.69) is 5.32 Å². The van der Waals surface area contributed by atoms with Gasteiger partial charge in [0, 0.05) is 41.4 Å². The Morgan fingerprint density at radius 2 is 2.00 bits per heavy atom. The van der Waals surface area contributed by atoms with Crippen molar-refractivity contribution in [2.45, 2.75) is 63.3 Å². The number of benzene rings is 2. The fraction of sp³-hybridized carbons (Fsp3) is 0.462. The Morgan fingerprint density at radius 3 is 2.61 bits per heavy atom. The number of hydrogen-bond donors (Lipinski definition) is 4. The molecule has 2 aromatic rings. The van der Waals surface area contributed by atoms with Crippen molar-refractivity contribution < 1.29 is 34.3 Å². The van der Waals surface area contributed by atoms with E-state index in [0.717, 1.165) is 0 Å². The molecule has 2 aliphatic rings. The van der Waals surface area contributed by atoms with Crippen LogP contribution in [-0.4, -0.2) is 58.9 Å². The van der Waals surface area contributed by atoms with E-state index in [1.807, 2.05) is 6.92 Å². The van der Waals surface area contributed by atoms with E-state index in [4.69, 9.17) is 4.74 Å². The molecule has 204 valence electrons. The summed E-state index contributed by atoms with van der Waals surface area (Å²) < 4.78 is 6.46. The highest BCUT2D eigenvalue weighted by Gasteiger charge is 2.66. The molecular formula is C26H33N3O8Si. The highest BCUT2D eigenvalue weighted by molar-refractivity contribution is 6.71. The zero-order chi connectivity index (χ0) is 28.0. The number of nitrogens with one attached hydrogen (secondary N) is 1. The van der Waals surface area contributed by atoms with E-state index in [9.17, 15) is 34.7 Å². The third-order valence-corrected chi connectivity index (χ3v) is 10.0. The van der Waals surface area contributed by atoms with Gasteiger partial charge in [0.25, 0.3) is 17.5 Å². The Labute approximate surface area is 221 Å². The monoisotopic (exact) mass is 543 g/mol. The average molecular weight is 544 g/mol. The maximum Gasteiger partial charge on any atom is 0.269 e. The van der Waals surface area contributed by atoms with Crippen LogP contribution in [0.2, 0.25) is 18.6 Å². The molecule has 5 atom stereocenters. The van der Waals surface area contributed by atoms with Crippen molar-refractivity contribution in [2.75, 3.05) is 16.8 Å². The maximum absolute atomic E-state index is 14.3. The van der Waals surface area contributed by atoms with E-state index in [0.29, 0.717) is 22.5 Å². The SMILES string of the molecule is C[C@H](O)C(=O)Nc1cccc(CN2C(=O)[C@]3(O[C@H](CCO)[C@@H]([Si](C)(C)O)[C@@H]3C)c3cc([N+](=O)[O-])ccc32)c1. The number of nitrogens with zero attached hydrogens (tertiary/aromatic N) is 2. The molecule has 1 saturated heterocycles. The largest absolute Gasteiger partial charge is 0.432 e. The van der Waals surface area contributed by atoms with Crippen molar-refractivity contribution in [3.8, 4) is 0 Å². The molecule has 2 aromatic carbocycles. The number of anilines is 2. The molecule has 0 unspecified atom stereocenters. The minimum Gasteiger partial charge on any atom is -0.432 e. The molecule has 11 nitrogen and oxygen atoms in total. The van der Waals surface area contributed by atoms with Gasteiger partial charge in [0.05, 0.1) is 23.3 Å². The van der Waals surface area contributed by atoms with Crippen LogP contribution in [0.4, 0.5) is 17.1 Å². The normalized spacial score (nSPS) is 25.5. The molecule has 2 aliphatic heterocycles. The smallest absolute Gasteiger partial charge is 0.269 e. The molecule has 0 radical (unpaired) electrons. The summed E-state index contributed by atoms with van der Waals surface area (Å²) >= 11 is 0. The van der Waals surface area contributed by atoms with Crippen LogP contribution in [0, 0.1) is 16.0 Å². The Bertz CT molecular complexity index is 1260. The molecular weight excluding hydrogens is 510 g/mol. The molecule has 4 rings (SSSR count). The molecule has 38 heavy (non-hydrogen) atoms. The highest BCUT2D eigenvalue weighted by atomic mass is 28.4. The molecule has 12 heteroatoms. The van der Waals surface area contributed by atoms with Crippen molar-refractivity contribution in [1.82, 2.24) is 0 Å². The number of carbonyl (C=O) groups is 2. The number of carbonyl (C=O) groups excluding carboxylic acids is 2. The second kappa shape index (κ2) is 10.2. The minimum atomic E-state index is -2.90. The lowest BCUT2D eigenvalue weighted by molar-refractivity contribution is -0.385. The van der Waals surface area contributed by atoms with Crippen molar-refractivity contribution in [3.05, 3.63) is 63.7 Å². The fourth-order valence-electron chi connectivity index (χ4n) is 5.91. The van der Waals surface area contributed by atoms with E-state index in [1.54, 1.807) is 37.4 Å². The molecule has 0 saturated carbocycles. The summed E-state index contributed by atoms with van der Waals surface area (Å²) in [7, 11) is -2.90. The van der Waals surface area contributed by atoms with Crippen LogP contribution in [0.15, 0.2) is 42.5 Å². The topological polar surface area (TPSA) is 162 Å². The van der Waals surface area contributed by atoms with Gasteiger partial charge in [-0.1, -0.05) is 19.1 Å². The Balaban J connectivity index is 1.79. The van der Waals surface area contributed by atoms with Gasteiger partial charge in [0.15, 0.2) is 13.9 Å². The number of rotatable bonds is 8. The quantitative estimate of drug-likeness (QED) is 0.224. The summed E-state index contributed by atoms with van der Waals surface area (Å²) in [6.07, 6.45) is -1.57. The van der Waals surface area contributed by atoms with Gasteiger partial charge < -0.3 is 30.0 Å². The van der Waals surface area contributed by atoms with Crippen molar-refractivity contribution in [2.24, 2.45) is 5.92 Å². The fourth-order valence-corrected chi connectivity index (χ4v) is 8.51. The van der Waals surface area contributed by atoms with Gasteiger partial charge in [0.2, 0.25) is 0 Å².